The van der Waals surface area contributed by atoms with E-state index in [2.05, 4.69) is 17.1 Å². The minimum absolute atomic E-state index is 0.114. The highest BCUT2D eigenvalue weighted by atomic mass is 32.2. The molecule has 0 spiro atoms. The van der Waals surface area contributed by atoms with Crippen LogP contribution in [-0.4, -0.2) is 41.4 Å². The van der Waals surface area contributed by atoms with Gasteiger partial charge in [0.1, 0.15) is 5.82 Å². The van der Waals surface area contributed by atoms with Gasteiger partial charge in [0.15, 0.2) is 0 Å². The van der Waals surface area contributed by atoms with Crippen LogP contribution in [0.25, 0.3) is 0 Å². The number of thioether (sulfide) groups is 1. The minimum atomic E-state index is -0.405. The van der Waals surface area contributed by atoms with E-state index < -0.39 is 5.82 Å². The highest BCUT2D eigenvalue weighted by Gasteiger charge is 2.21. The molecule has 4 nitrogen and oxygen atoms in total. The number of hydrogen-bond donors (Lipinski definition) is 2. The Morgan fingerprint density at radius 2 is 2.42 bits per heavy atom. The third-order valence-electron chi connectivity index (χ3n) is 3.14. The van der Waals surface area contributed by atoms with Gasteiger partial charge >= 0.3 is 0 Å². The number of hydrogen-bond acceptors (Lipinski definition) is 4. The van der Waals surface area contributed by atoms with Crippen LogP contribution in [-0.2, 0) is 4.79 Å². The molecule has 1 unspecified atom stereocenters. The Morgan fingerprint density at radius 1 is 1.63 bits per heavy atom. The van der Waals surface area contributed by atoms with Gasteiger partial charge in [-0.3, -0.25) is 9.69 Å². The Hall–Kier alpha value is -1.27. The second kappa shape index (κ2) is 6.25. The summed E-state index contributed by atoms with van der Waals surface area (Å²) in [7, 11) is 0. The average Bonchev–Trinajstić information content (AvgIpc) is 2.36. The molecule has 0 bridgehead atoms. The largest absolute Gasteiger partial charge is 0.397 e. The molecule has 1 heterocycles. The van der Waals surface area contributed by atoms with E-state index in [0.29, 0.717) is 18.3 Å². The first-order valence-corrected chi connectivity index (χ1v) is 7.38. The second-order valence-electron chi connectivity index (χ2n) is 4.67. The zero-order chi connectivity index (χ0) is 13.8. The molecule has 0 aliphatic carbocycles. The van der Waals surface area contributed by atoms with Gasteiger partial charge in [0, 0.05) is 24.1 Å². The van der Waals surface area contributed by atoms with Crippen molar-refractivity contribution in [2.24, 2.45) is 0 Å². The summed E-state index contributed by atoms with van der Waals surface area (Å²) in [4.78, 5) is 14.1. The van der Waals surface area contributed by atoms with Gasteiger partial charge in [0.2, 0.25) is 5.91 Å². The van der Waals surface area contributed by atoms with Gasteiger partial charge in [0.05, 0.1) is 17.9 Å². The molecule has 1 aliphatic rings. The summed E-state index contributed by atoms with van der Waals surface area (Å²) in [5, 5.41) is 2.73. The van der Waals surface area contributed by atoms with E-state index in [0.717, 1.165) is 18.1 Å². The van der Waals surface area contributed by atoms with E-state index in [4.69, 9.17) is 5.73 Å². The standard InChI is InChI=1S/C13H18FN3OS/c1-9-8-19-5-4-17(9)7-13(18)16-12-3-2-10(14)6-11(12)15/h2-3,6,9H,4-5,7-8,15H2,1H3,(H,16,18). The summed E-state index contributed by atoms with van der Waals surface area (Å²) in [5.74, 6) is 1.58. The fraction of sp³-hybridized carbons (Fsp3) is 0.462. The molecule has 1 fully saturated rings. The Balaban J connectivity index is 1.93. The fourth-order valence-electron chi connectivity index (χ4n) is 2.02. The van der Waals surface area contributed by atoms with E-state index in [-0.39, 0.29) is 11.6 Å². The van der Waals surface area contributed by atoms with E-state index >= 15 is 0 Å². The number of nitrogen functional groups attached to an aromatic ring is 1. The molecule has 2 rings (SSSR count). The van der Waals surface area contributed by atoms with Crippen molar-refractivity contribution in [1.29, 1.82) is 0 Å². The zero-order valence-electron chi connectivity index (χ0n) is 10.9. The maximum Gasteiger partial charge on any atom is 0.238 e. The van der Waals surface area contributed by atoms with Gasteiger partial charge < -0.3 is 11.1 Å². The summed E-state index contributed by atoms with van der Waals surface area (Å²) in [6.45, 7) is 3.38. The molecule has 104 valence electrons. The summed E-state index contributed by atoms with van der Waals surface area (Å²) in [5.41, 5.74) is 6.37. The topological polar surface area (TPSA) is 58.4 Å². The predicted molar refractivity (Wildman–Crippen MR) is 77.8 cm³/mol. The first kappa shape index (κ1) is 14.1. The number of anilines is 2. The maximum atomic E-state index is 12.9. The number of nitrogens with one attached hydrogen (secondary N) is 1. The molecule has 3 N–H and O–H groups in total. The lowest BCUT2D eigenvalue weighted by Gasteiger charge is -2.32. The van der Waals surface area contributed by atoms with Crippen LogP contribution in [0.2, 0.25) is 0 Å². The summed E-state index contributed by atoms with van der Waals surface area (Å²) in [6.07, 6.45) is 0. The number of carbonyl (C=O) groups is 1. The van der Waals surface area contributed by atoms with E-state index in [1.807, 2.05) is 11.8 Å². The highest BCUT2D eigenvalue weighted by Crippen LogP contribution is 2.20. The van der Waals surface area contributed by atoms with Crippen molar-refractivity contribution in [3.8, 4) is 0 Å². The normalized spacial score (nSPS) is 20.2. The Bertz CT molecular complexity index is 469. The van der Waals surface area contributed by atoms with Crippen molar-refractivity contribution in [2.75, 3.05) is 35.6 Å². The first-order valence-electron chi connectivity index (χ1n) is 6.23. The van der Waals surface area contributed by atoms with Crippen LogP contribution in [0.3, 0.4) is 0 Å². The Kier molecular flexibility index (Phi) is 4.66. The van der Waals surface area contributed by atoms with E-state index in [1.54, 1.807) is 0 Å². The zero-order valence-corrected chi connectivity index (χ0v) is 11.7. The molecule has 1 atom stereocenters. The highest BCUT2D eigenvalue weighted by molar-refractivity contribution is 7.99. The van der Waals surface area contributed by atoms with Crippen molar-refractivity contribution in [3.05, 3.63) is 24.0 Å². The molecule has 6 heteroatoms. The quantitative estimate of drug-likeness (QED) is 0.830. The van der Waals surface area contributed by atoms with Gasteiger partial charge in [-0.05, 0) is 25.1 Å². The molecule has 1 amide bonds. The predicted octanol–water partition coefficient (Wildman–Crippen LogP) is 1.78. The van der Waals surface area contributed by atoms with Crippen molar-refractivity contribution >= 4 is 29.0 Å². The van der Waals surface area contributed by atoms with Crippen LogP contribution in [0.1, 0.15) is 6.92 Å². The van der Waals surface area contributed by atoms with Crippen LogP contribution in [0.15, 0.2) is 18.2 Å². The lowest BCUT2D eigenvalue weighted by atomic mass is 10.2. The average molecular weight is 283 g/mol. The van der Waals surface area contributed by atoms with Crippen LogP contribution in [0.4, 0.5) is 15.8 Å². The van der Waals surface area contributed by atoms with Gasteiger partial charge in [-0.2, -0.15) is 11.8 Å². The molecule has 0 saturated carbocycles. The number of rotatable bonds is 3. The van der Waals surface area contributed by atoms with E-state index in [1.165, 1.54) is 18.2 Å². The maximum absolute atomic E-state index is 12.9. The fourth-order valence-corrected chi connectivity index (χ4v) is 3.10. The summed E-state index contributed by atoms with van der Waals surface area (Å²) in [6, 6.07) is 4.37. The number of halogens is 1. The molecule has 1 aliphatic heterocycles. The summed E-state index contributed by atoms with van der Waals surface area (Å²) >= 11 is 1.91. The molecule has 0 aromatic heterocycles. The van der Waals surface area contributed by atoms with Gasteiger partial charge in [-0.1, -0.05) is 0 Å². The molecule has 1 aromatic carbocycles. The van der Waals surface area contributed by atoms with Crippen LogP contribution < -0.4 is 11.1 Å². The minimum Gasteiger partial charge on any atom is -0.397 e. The molecular formula is C13H18FN3OS. The van der Waals surface area contributed by atoms with Gasteiger partial charge in [-0.15, -0.1) is 0 Å². The second-order valence-corrected chi connectivity index (χ2v) is 5.82. The van der Waals surface area contributed by atoms with Crippen molar-refractivity contribution < 1.29 is 9.18 Å². The molecular weight excluding hydrogens is 265 g/mol. The smallest absolute Gasteiger partial charge is 0.238 e. The SMILES string of the molecule is CC1CSCCN1CC(=O)Nc1ccc(F)cc1N. The van der Waals surface area contributed by atoms with Crippen LogP contribution in [0.5, 0.6) is 0 Å². The van der Waals surface area contributed by atoms with Crippen LogP contribution in [0, 0.1) is 5.82 Å². The molecule has 1 saturated heterocycles. The first-order chi connectivity index (χ1) is 9.06. The molecule has 0 radical (unpaired) electrons. The van der Waals surface area contributed by atoms with Gasteiger partial charge in [0.25, 0.3) is 0 Å². The number of nitrogens with zero attached hydrogens (tertiary/aromatic N) is 1. The molecule has 1 aromatic rings. The Morgan fingerprint density at radius 3 is 3.11 bits per heavy atom. The van der Waals surface area contributed by atoms with Crippen LogP contribution >= 0.6 is 11.8 Å². The number of benzene rings is 1. The monoisotopic (exact) mass is 283 g/mol. The van der Waals surface area contributed by atoms with E-state index in [9.17, 15) is 9.18 Å². The lowest BCUT2D eigenvalue weighted by Crippen LogP contribution is -2.44. The number of nitrogens with two attached hydrogens (primary N) is 1. The summed E-state index contributed by atoms with van der Waals surface area (Å²) < 4.78 is 12.9. The lowest BCUT2D eigenvalue weighted by molar-refractivity contribution is -0.117. The number of carbonyl (C=O) groups excluding carboxylic acids is 1. The third-order valence-corrected chi connectivity index (χ3v) is 4.33. The van der Waals surface area contributed by atoms with Gasteiger partial charge in [-0.25, -0.2) is 4.39 Å². The molecule has 19 heavy (non-hydrogen) atoms. The number of amides is 1. The Labute approximate surface area is 116 Å². The van der Waals surface area contributed by atoms with Crippen molar-refractivity contribution in [2.45, 2.75) is 13.0 Å². The van der Waals surface area contributed by atoms with Crippen molar-refractivity contribution in [3.63, 3.8) is 0 Å². The third kappa shape index (κ3) is 3.84. The van der Waals surface area contributed by atoms with Crippen molar-refractivity contribution in [1.82, 2.24) is 4.90 Å².